The van der Waals surface area contributed by atoms with Gasteiger partial charge in [-0.15, -0.1) is 0 Å². The van der Waals surface area contributed by atoms with E-state index in [-0.39, 0.29) is 11.5 Å². The first-order valence-electron chi connectivity index (χ1n) is 5.83. The van der Waals surface area contributed by atoms with E-state index in [9.17, 15) is 18.0 Å². The summed E-state index contributed by atoms with van der Waals surface area (Å²) in [4.78, 5) is 23.3. The summed E-state index contributed by atoms with van der Waals surface area (Å²) in [5, 5.41) is 0. The van der Waals surface area contributed by atoms with Crippen LogP contribution in [0, 0.1) is 5.92 Å². The number of hydrogen-bond donors (Lipinski definition) is 2. The normalized spacial score (nSPS) is 20.7. The van der Waals surface area contributed by atoms with Gasteiger partial charge in [0, 0.05) is 5.56 Å². The summed E-state index contributed by atoms with van der Waals surface area (Å²) in [5.74, 6) is -1.61. The standard InChI is InChI=1S/C12H14N2O4S/c15-11(9-4-2-1-3-5-9)13-14-12(16)10-6-7-19(17,18)8-10/h1-5,10H,6-8H2,(H,13,15)(H,14,16)/t10-/m0/s1. The van der Waals surface area contributed by atoms with Gasteiger partial charge < -0.3 is 0 Å². The van der Waals surface area contributed by atoms with Crippen LogP contribution in [-0.4, -0.2) is 31.7 Å². The number of rotatable bonds is 2. The highest BCUT2D eigenvalue weighted by Gasteiger charge is 2.33. The van der Waals surface area contributed by atoms with Crippen molar-refractivity contribution in [1.29, 1.82) is 0 Å². The Hall–Kier alpha value is -1.89. The zero-order valence-corrected chi connectivity index (χ0v) is 10.9. The van der Waals surface area contributed by atoms with Crippen LogP contribution in [0.2, 0.25) is 0 Å². The van der Waals surface area contributed by atoms with E-state index in [1.165, 1.54) is 0 Å². The minimum atomic E-state index is -3.10. The lowest BCUT2D eigenvalue weighted by Gasteiger charge is -2.10. The Morgan fingerprint density at radius 3 is 2.37 bits per heavy atom. The highest BCUT2D eigenvalue weighted by atomic mass is 32.2. The van der Waals surface area contributed by atoms with Crippen LogP contribution in [0.15, 0.2) is 30.3 Å². The lowest BCUT2D eigenvalue weighted by Crippen LogP contribution is -2.44. The molecule has 1 aliphatic rings. The Kier molecular flexibility index (Phi) is 3.84. The summed E-state index contributed by atoms with van der Waals surface area (Å²) < 4.78 is 22.5. The maximum Gasteiger partial charge on any atom is 0.269 e. The van der Waals surface area contributed by atoms with Gasteiger partial charge in [-0.05, 0) is 18.6 Å². The topological polar surface area (TPSA) is 92.3 Å². The van der Waals surface area contributed by atoms with Gasteiger partial charge in [0.25, 0.3) is 5.91 Å². The monoisotopic (exact) mass is 282 g/mol. The first-order chi connectivity index (χ1) is 8.98. The summed E-state index contributed by atoms with van der Waals surface area (Å²) in [5.41, 5.74) is 4.95. The summed E-state index contributed by atoms with van der Waals surface area (Å²) in [7, 11) is -3.10. The second kappa shape index (κ2) is 5.40. The van der Waals surface area contributed by atoms with Gasteiger partial charge in [0.05, 0.1) is 17.4 Å². The fraction of sp³-hybridized carbons (Fsp3) is 0.333. The molecule has 2 amide bonds. The minimum Gasteiger partial charge on any atom is -0.273 e. The molecule has 1 atom stereocenters. The summed E-state index contributed by atoms with van der Waals surface area (Å²) in [6, 6.07) is 8.42. The van der Waals surface area contributed by atoms with Gasteiger partial charge in [0.2, 0.25) is 5.91 Å². The van der Waals surface area contributed by atoms with Gasteiger partial charge >= 0.3 is 0 Å². The van der Waals surface area contributed by atoms with Crippen LogP contribution in [0.4, 0.5) is 0 Å². The molecule has 102 valence electrons. The van der Waals surface area contributed by atoms with Crippen molar-refractivity contribution < 1.29 is 18.0 Å². The molecule has 1 heterocycles. The molecule has 0 radical (unpaired) electrons. The van der Waals surface area contributed by atoms with Gasteiger partial charge in [-0.3, -0.25) is 20.4 Å². The molecule has 1 aromatic rings. The highest BCUT2D eigenvalue weighted by molar-refractivity contribution is 7.91. The van der Waals surface area contributed by atoms with E-state index < -0.39 is 27.6 Å². The molecule has 0 aromatic heterocycles. The van der Waals surface area contributed by atoms with E-state index in [4.69, 9.17) is 0 Å². The third-order valence-electron chi connectivity index (χ3n) is 2.94. The molecule has 0 saturated carbocycles. The molecular formula is C12H14N2O4S. The van der Waals surface area contributed by atoms with E-state index in [1.54, 1.807) is 30.3 Å². The predicted molar refractivity (Wildman–Crippen MR) is 68.8 cm³/mol. The van der Waals surface area contributed by atoms with E-state index in [0.29, 0.717) is 12.0 Å². The van der Waals surface area contributed by atoms with Gasteiger partial charge in [0.15, 0.2) is 9.84 Å². The molecule has 1 aliphatic heterocycles. The van der Waals surface area contributed by atoms with Crippen molar-refractivity contribution in [2.75, 3.05) is 11.5 Å². The molecule has 1 aromatic carbocycles. The number of carbonyl (C=O) groups excluding carboxylic acids is 2. The van der Waals surface area contributed by atoms with Crippen molar-refractivity contribution in [2.45, 2.75) is 6.42 Å². The van der Waals surface area contributed by atoms with Crippen molar-refractivity contribution in [2.24, 2.45) is 5.92 Å². The quantitative estimate of drug-likeness (QED) is 0.740. The van der Waals surface area contributed by atoms with Crippen LogP contribution in [0.5, 0.6) is 0 Å². The SMILES string of the molecule is O=C(NNC(=O)[C@H]1CCS(=O)(=O)C1)c1ccccc1. The lowest BCUT2D eigenvalue weighted by molar-refractivity contribution is -0.125. The van der Waals surface area contributed by atoms with Crippen LogP contribution in [-0.2, 0) is 14.6 Å². The van der Waals surface area contributed by atoms with E-state index in [1.807, 2.05) is 0 Å². The second-order valence-electron chi connectivity index (χ2n) is 4.41. The highest BCUT2D eigenvalue weighted by Crippen LogP contribution is 2.17. The number of carbonyl (C=O) groups is 2. The Labute approximate surface area is 111 Å². The molecule has 6 nitrogen and oxygen atoms in total. The Bertz CT molecular complexity index is 583. The van der Waals surface area contributed by atoms with Crippen molar-refractivity contribution in [1.82, 2.24) is 10.9 Å². The Morgan fingerprint density at radius 1 is 1.11 bits per heavy atom. The first kappa shape index (κ1) is 13.5. The minimum absolute atomic E-state index is 0.0255. The van der Waals surface area contributed by atoms with Crippen LogP contribution in [0.1, 0.15) is 16.8 Å². The van der Waals surface area contributed by atoms with Crippen LogP contribution in [0.25, 0.3) is 0 Å². The Morgan fingerprint density at radius 2 is 1.79 bits per heavy atom. The molecule has 2 N–H and O–H groups in total. The molecule has 7 heteroatoms. The van der Waals surface area contributed by atoms with Crippen molar-refractivity contribution in [3.63, 3.8) is 0 Å². The molecule has 0 aliphatic carbocycles. The zero-order valence-electron chi connectivity index (χ0n) is 10.1. The van der Waals surface area contributed by atoms with E-state index in [2.05, 4.69) is 10.9 Å². The molecule has 0 spiro atoms. The average molecular weight is 282 g/mol. The van der Waals surface area contributed by atoms with Gasteiger partial charge in [-0.2, -0.15) is 0 Å². The molecule has 0 unspecified atom stereocenters. The largest absolute Gasteiger partial charge is 0.273 e. The second-order valence-corrected chi connectivity index (χ2v) is 6.64. The number of nitrogens with one attached hydrogen (secondary N) is 2. The number of hydrogen-bond acceptors (Lipinski definition) is 4. The smallest absolute Gasteiger partial charge is 0.269 e. The van der Waals surface area contributed by atoms with Crippen molar-refractivity contribution >= 4 is 21.7 Å². The molecule has 1 saturated heterocycles. The summed E-state index contributed by atoms with van der Waals surface area (Å²) in [6.07, 6.45) is 0.301. The summed E-state index contributed by atoms with van der Waals surface area (Å²) in [6.45, 7) is 0. The van der Waals surface area contributed by atoms with Crippen LogP contribution >= 0.6 is 0 Å². The number of sulfone groups is 1. The van der Waals surface area contributed by atoms with Crippen LogP contribution in [0.3, 0.4) is 0 Å². The molecule has 0 bridgehead atoms. The van der Waals surface area contributed by atoms with Gasteiger partial charge in [0.1, 0.15) is 0 Å². The molecule has 1 fully saturated rings. The van der Waals surface area contributed by atoms with E-state index in [0.717, 1.165) is 0 Å². The van der Waals surface area contributed by atoms with E-state index >= 15 is 0 Å². The maximum absolute atomic E-state index is 11.7. The molecule has 2 rings (SSSR count). The van der Waals surface area contributed by atoms with Crippen molar-refractivity contribution in [3.8, 4) is 0 Å². The zero-order chi connectivity index (χ0) is 13.9. The molecular weight excluding hydrogens is 268 g/mol. The average Bonchev–Trinajstić information content (AvgIpc) is 2.77. The number of hydrazine groups is 1. The predicted octanol–water partition coefficient (Wildman–Crippen LogP) is -0.118. The Balaban J connectivity index is 1.86. The van der Waals surface area contributed by atoms with Crippen LogP contribution < -0.4 is 10.9 Å². The number of amides is 2. The summed E-state index contributed by atoms with van der Waals surface area (Å²) >= 11 is 0. The molecule has 19 heavy (non-hydrogen) atoms. The number of benzene rings is 1. The third-order valence-corrected chi connectivity index (χ3v) is 4.71. The maximum atomic E-state index is 11.7. The fourth-order valence-corrected chi connectivity index (χ4v) is 3.63. The fourth-order valence-electron chi connectivity index (χ4n) is 1.88. The third kappa shape index (κ3) is 3.54. The van der Waals surface area contributed by atoms with Crippen molar-refractivity contribution in [3.05, 3.63) is 35.9 Å². The first-order valence-corrected chi connectivity index (χ1v) is 7.66. The lowest BCUT2D eigenvalue weighted by atomic mass is 10.1. The van der Waals surface area contributed by atoms with Gasteiger partial charge in [-0.1, -0.05) is 18.2 Å². The van der Waals surface area contributed by atoms with Gasteiger partial charge in [-0.25, -0.2) is 8.42 Å².